The van der Waals surface area contributed by atoms with Crippen molar-refractivity contribution in [1.82, 2.24) is 5.32 Å². The first-order valence-corrected chi connectivity index (χ1v) is 17.3. The van der Waals surface area contributed by atoms with Crippen molar-refractivity contribution in [3.63, 3.8) is 0 Å². The summed E-state index contributed by atoms with van der Waals surface area (Å²) in [6.45, 7) is 7.93. The van der Waals surface area contributed by atoms with Crippen molar-refractivity contribution in [3.05, 3.63) is 82.9 Å². The van der Waals surface area contributed by atoms with Gasteiger partial charge in [0.15, 0.2) is 0 Å². The van der Waals surface area contributed by atoms with Gasteiger partial charge in [-0.3, -0.25) is 14.4 Å². The number of carbonyl (C=O) groups is 5. The monoisotopic (exact) mass is 681 g/mol. The Balaban J connectivity index is 1.25. The topological polar surface area (TPSA) is 140 Å². The fourth-order valence-electron chi connectivity index (χ4n) is 6.77. The molecule has 0 radical (unpaired) electrons. The highest BCUT2D eigenvalue weighted by atomic mass is 16.6. The van der Waals surface area contributed by atoms with Gasteiger partial charge in [-0.25, -0.2) is 9.59 Å². The number of aryl methyl sites for hydroxylation is 1. The molecule has 1 atom stereocenters. The lowest BCUT2D eigenvalue weighted by Crippen LogP contribution is -2.37. The minimum atomic E-state index is -0.608. The number of esters is 1. The lowest BCUT2D eigenvalue weighted by Gasteiger charge is -2.29. The second kappa shape index (κ2) is 15.7. The maximum absolute atomic E-state index is 13.8. The number of methoxy groups -OCH3 is 1. The van der Waals surface area contributed by atoms with Crippen molar-refractivity contribution in [2.75, 3.05) is 24.3 Å². The predicted molar refractivity (Wildman–Crippen MR) is 192 cm³/mol. The summed E-state index contributed by atoms with van der Waals surface area (Å²) in [7, 11) is 1.36. The van der Waals surface area contributed by atoms with E-state index in [4.69, 9.17) is 9.47 Å². The molecule has 0 saturated heterocycles. The van der Waals surface area contributed by atoms with E-state index in [0.29, 0.717) is 49.2 Å². The first kappa shape index (κ1) is 36.3. The number of hydrogen-bond acceptors (Lipinski definition) is 7. The van der Waals surface area contributed by atoms with Crippen LogP contribution in [0.3, 0.4) is 0 Å². The van der Waals surface area contributed by atoms with Crippen LogP contribution in [0.2, 0.25) is 0 Å². The molecule has 3 aromatic carbocycles. The highest BCUT2D eigenvalue weighted by Crippen LogP contribution is 2.33. The first-order valence-electron chi connectivity index (χ1n) is 17.3. The van der Waals surface area contributed by atoms with Gasteiger partial charge in [0.2, 0.25) is 11.8 Å². The molecule has 5 rings (SSSR count). The Hall–Kier alpha value is -4.99. The SMILES string of the molecule is COC(=O)c1ccc(-c2ccc(C[C@H](CC(=O)C3CCC(CNC(=O)OC(C)(C)C)CC3)C(=O)Nc3ccc4c(c3)NC(=O)C4)cc2)c(C)c1. The number of Topliss-reactive ketones (excluding diaryl/α,β-unsaturated/α-hetero) is 1. The van der Waals surface area contributed by atoms with Crippen LogP contribution in [0.5, 0.6) is 0 Å². The number of alkyl carbamates (subject to hydrolysis) is 1. The summed E-state index contributed by atoms with van der Waals surface area (Å²) >= 11 is 0. The van der Waals surface area contributed by atoms with E-state index in [9.17, 15) is 24.0 Å². The van der Waals surface area contributed by atoms with Gasteiger partial charge < -0.3 is 25.4 Å². The van der Waals surface area contributed by atoms with Crippen LogP contribution in [0.25, 0.3) is 11.1 Å². The minimum Gasteiger partial charge on any atom is -0.465 e. The Labute approximate surface area is 293 Å². The highest BCUT2D eigenvalue weighted by molar-refractivity contribution is 6.01. The molecule has 1 aliphatic heterocycles. The number of carbonyl (C=O) groups excluding carboxylic acids is 5. The Morgan fingerprint density at radius 2 is 1.66 bits per heavy atom. The molecule has 1 heterocycles. The lowest BCUT2D eigenvalue weighted by atomic mass is 9.77. The van der Waals surface area contributed by atoms with Crippen molar-refractivity contribution in [2.45, 2.75) is 78.2 Å². The van der Waals surface area contributed by atoms with Gasteiger partial charge in [0.05, 0.1) is 19.1 Å². The molecule has 1 aliphatic carbocycles. The molecular weight excluding hydrogens is 634 g/mol. The van der Waals surface area contributed by atoms with Crippen LogP contribution in [0.1, 0.15) is 79.9 Å². The van der Waals surface area contributed by atoms with Gasteiger partial charge in [-0.05, 0) is 118 Å². The molecular formula is C40H47N3O7. The summed E-state index contributed by atoms with van der Waals surface area (Å²) in [6, 6.07) is 18.7. The molecule has 0 aromatic heterocycles. The van der Waals surface area contributed by atoms with E-state index >= 15 is 0 Å². The fraction of sp³-hybridized carbons (Fsp3) is 0.425. The number of ketones is 1. The number of hydrogen-bond donors (Lipinski definition) is 3. The molecule has 0 bridgehead atoms. The van der Waals surface area contributed by atoms with Crippen LogP contribution in [0.4, 0.5) is 16.2 Å². The van der Waals surface area contributed by atoms with Crippen molar-refractivity contribution in [2.24, 2.45) is 17.8 Å². The van der Waals surface area contributed by atoms with Crippen LogP contribution < -0.4 is 16.0 Å². The molecule has 0 unspecified atom stereocenters. The molecule has 3 amide bonds. The summed E-state index contributed by atoms with van der Waals surface area (Å²) in [6.07, 6.45) is 3.39. The fourth-order valence-corrected chi connectivity index (χ4v) is 6.77. The number of rotatable bonds is 11. The van der Waals surface area contributed by atoms with Gasteiger partial charge in [0.25, 0.3) is 0 Å². The zero-order chi connectivity index (χ0) is 36.0. The van der Waals surface area contributed by atoms with E-state index in [-0.39, 0.29) is 41.8 Å². The Morgan fingerprint density at radius 3 is 2.32 bits per heavy atom. The maximum Gasteiger partial charge on any atom is 0.407 e. The van der Waals surface area contributed by atoms with Gasteiger partial charge >= 0.3 is 12.1 Å². The molecule has 1 saturated carbocycles. The van der Waals surface area contributed by atoms with Crippen molar-refractivity contribution in [1.29, 1.82) is 0 Å². The van der Waals surface area contributed by atoms with Crippen molar-refractivity contribution >= 4 is 41.0 Å². The van der Waals surface area contributed by atoms with Crippen LogP contribution in [0.15, 0.2) is 60.7 Å². The van der Waals surface area contributed by atoms with Crippen LogP contribution >= 0.6 is 0 Å². The molecule has 50 heavy (non-hydrogen) atoms. The van der Waals surface area contributed by atoms with E-state index in [1.54, 1.807) is 24.3 Å². The van der Waals surface area contributed by atoms with Crippen LogP contribution in [0, 0.1) is 24.7 Å². The summed E-state index contributed by atoms with van der Waals surface area (Å²) in [5.41, 5.74) is 5.86. The van der Waals surface area contributed by atoms with Gasteiger partial charge in [0.1, 0.15) is 11.4 Å². The maximum atomic E-state index is 13.8. The molecule has 3 N–H and O–H groups in total. The van der Waals surface area contributed by atoms with Gasteiger partial charge in [-0.2, -0.15) is 0 Å². The van der Waals surface area contributed by atoms with E-state index in [1.807, 2.05) is 64.1 Å². The third kappa shape index (κ3) is 9.58. The van der Waals surface area contributed by atoms with Gasteiger partial charge in [-0.1, -0.05) is 36.4 Å². The van der Waals surface area contributed by atoms with Crippen molar-refractivity contribution < 1.29 is 33.4 Å². The molecule has 3 aromatic rings. The third-order valence-electron chi connectivity index (χ3n) is 9.45. The zero-order valence-electron chi connectivity index (χ0n) is 29.5. The highest BCUT2D eigenvalue weighted by Gasteiger charge is 2.31. The van der Waals surface area contributed by atoms with E-state index in [2.05, 4.69) is 16.0 Å². The van der Waals surface area contributed by atoms with E-state index in [0.717, 1.165) is 40.7 Å². The number of nitrogens with one attached hydrogen (secondary N) is 3. The van der Waals surface area contributed by atoms with Gasteiger partial charge in [-0.15, -0.1) is 0 Å². The first-order chi connectivity index (χ1) is 23.8. The average Bonchev–Trinajstić information content (AvgIpc) is 3.45. The molecule has 264 valence electrons. The normalized spacial score (nSPS) is 17.6. The number of fused-ring (bicyclic) bond motifs is 1. The molecule has 10 heteroatoms. The summed E-state index contributed by atoms with van der Waals surface area (Å²) in [4.78, 5) is 63.4. The quantitative estimate of drug-likeness (QED) is 0.185. The third-order valence-corrected chi connectivity index (χ3v) is 9.45. The Morgan fingerprint density at radius 1 is 0.940 bits per heavy atom. The zero-order valence-corrected chi connectivity index (χ0v) is 29.5. The number of benzene rings is 3. The molecule has 10 nitrogen and oxygen atoms in total. The number of ether oxygens (including phenoxy) is 2. The van der Waals surface area contributed by atoms with Gasteiger partial charge in [0, 0.05) is 36.2 Å². The molecule has 2 aliphatic rings. The second-order valence-electron chi connectivity index (χ2n) is 14.5. The van der Waals surface area contributed by atoms with E-state index < -0.39 is 17.6 Å². The molecule has 0 spiro atoms. The second-order valence-corrected chi connectivity index (χ2v) is 14.5. The van der Waals surface area contributed by atoms with Crippen LogP contribution in [-0.2, 0) is 36.7 Å². The largest absolute Gasteiger partial charge is 0.465 e. The van der Waals surface area contributed by atoms with Crippen molar-refractivity contribution in [3.8, 4) is 11.1 Å². The smallest absolute Gasteiger partial charge is 0.407 e. The summed E-state index contributed by atoms with van der Waals surface area (Å²) in [5.74, 6) is -1.13. The number of anilines is 2. The molecule has 1 fully saturated rings. The minimum absolute atomic E-state index is 0.0721. The summed E-state index contributed by atoms with van der Waals surface area (Å²) in [5, 5.41) is 8.67. The predicted octanol–water partition coefficient (Wildman–Crippen LogP) is 7.03. The average molecular weight is 682 g/mol. The summed E-state index contributed by atoms with van der Waals surface area (Å²) < 4.78 is 10.2. The van der Waals surface area contributed by atoms with E-state index in [1.165, 1.54) is 7.11 Å². The Bertz CT molecular complexity index is 1750. The number of amides is 3. The van der Waals surface area contributed by atoms with Crippen LogP contribution in [-0.4, -0.2) is 48.9 Å². The Kier molecular flexibility index (Phi) is 11.4. The standard InChI is InChI=1S/C40H47N3O7/c1-24-18-30(38(47)49-5)15-17-33(24)27-10-6-25(7-11-27)19-31(37(46)42-32-16-14-29-21-36(45)43-34(29)22-32)20-35(44)28-12-8-26(9-13-28)23-41-39(48)50-40(2,3)4/h6-7,10-11,14-18,22,26,28,31H,8-9,12-13,19-21,23H2,1-5H3,(H,41,48)(H,42,46)(H,43,45)/t26?,28?,31-/m1/s1. The lowest BCUT2D eigenvalue weighted by molar-refractivity contribution is -0.129.